The third kappa shape index (κ3) is 5.11. The molecule has 31 heavy (non-hydrogen) atoms. The van der Waals surface area contributed by atoms with E-state index in [1.54, 1.807) is 16.7 Å². The van der Waals surface area contributed by atoms with Crippen molar-refractivity contribution in [1.29, 1.82) is 0 Å². The second-order valence-corrected chi connectivity index (χ2v) is 8.94. The van der Waals surface area contributed by atoms with Crippen molar-refractivity contribution < 1.29 is 14.3 Å². The molecule has 0 aliphatic carbocycles. The van der Waals surface area contributed by atoms with E-state index >= 15 is 0 Å². The Morgan fingerprint density at radius 3 is 2.10 bits per heavy atom. The molecule has 2 heterocycles. The maximum atomic E-state index is 12.9. The summed E-state index contributed by atoms with van der Waals surface area (Å²) in [5.41, 5.74) is 2.57. The van der Waals surface area contributed by atoms with Gasteiger partial charge >= 0.3 is 5.97 Å². The maximum Gasteiger partial charge on any atom is 0.329 e. The van der Waals surface area contributed by atoms with Crippen LogP contribution in [0.15, 0.2) is 60.7 Å². The monoisotopic (exact) mass is 439 g/mol. The van der Waals surface area contributed by atoms with E-state index < -0.39 is 6.04 Å². The number of carbonyl (C=O) groups is 2. The first kappa shape index (κ1) is 21.9. The summed E-state index contributed by atoms with van der Waals surface area (Å²) >= 11 is 1.60. The average molecular weight is 440 g/mol. The van der Waals surface area contributed by atoms with E-state index in [1.165, 1.54) is 18.2 Å². The molecule has 0 saturated carbocycles. The zero-order chi connectivity index (χ0) is 21.6. The fraction of sp³-hybridized carbons (Fsp3) is 0.417. The van der Waals surface area contributed by atoms with Crippen LogP contribution in [0.5, 0.6) is 0 Å². The number of hydrogen-bond donors (Lipinski definition) is 0. The molecule has 0 radical (unpaired) electrons. The Labute approximate surface area is 188 Å². The molecule has 1 atom stereocenters. The molecule has 2 aromatic carbocycles. The highest BCUT2D eigenvalue weighted by molar-refractivity contribution is 7.99. The summed E-state index contributed by atoms with van der Waals surface area (Å²) in [6.07, 6.45) is 0. The van der Waals surface area contributed by atoms with E-state index in [1.807, 2.05) is 12.1 Å². The Bertz CT molecular complexity index is 833. The summed E-state index contributed by atoms with van der Waals surface area (Å²) in [5, 5.41) is 0. The van der Waals surface area contributed by atoms with Crippen molar-refractivity contribution >= 4 is 23.6 Å². The van der Waals surface area contributed by atoms with Gasteiger partial charge in [-0.05, 0) is 11.1 Å². The fourth-order valence-corrected chi connectivity index (χ4v) is 5.53. The summed E-state index contributed by atoms with van der Waals surface area (Å²) in [6.45, 7) is 3.77. The van der Waals surface area contributed by atoms with Crippen molar-refractivity contribution in [1.82, 2.24) is 14.7 Å². The third-order valence-electron chi connectivity index (χ3n) is 6.04. The van der Waals surface area contributed by atoms with Crippen molar-refractivity contribution in [2.24, 2.45) is 0 Å². The molecule has 0 spiro atoms. The Morgan fingerprint density at radius 2 is 1.55 bits per heavy atom. The van der Waals surface area contributed by atoms with Gasteiger partial charge in [-0.1, -0.05) is 60.7 Å². The molecule has 1 unspecified atom stereocenters. The van der Waals surface area contributed by atoms with Crippen molar-refractivity contribution in [2.75, 3.05) is 51.5 Å². The minimum absolute atomic E-state index is 0.0107. The molecule has 2 aliphatic heterocycles. The van der Waals surface area contributed by atoms with Gasteiger partial charge in [0, 0.05) is 31.9 Å². The van der Waals surface area contributed by atoms with Gasteiger partial charge in [0.1, 0.15) is 6.04 Å². The molecule has 2 aliphatic rings. The van der Waals surface area contributed by atoms with Crippen LogP contribution < -0.4 is 0 Å². The molecule has 2 saturated heterocycles. The highest BCUT2D eigenvalue weighted by atomic mass is 32.2. The second-order valence-electron chi connectivity index (χ2n) is 7.94. The number of carbonyl (C=O) groups excluding carboxylic acids is 2. The molecule has 0 bridgehead atoms. The summed E-state index contributed by atoms with van der Waals surface area (Å²) in [7, 11) is 1.38. The molecule has 2 aromatic rings. The number of methoxy groups -OCH3 is 1. The van der Waals surface area contributed by atoms with Crippen LogP contribution in [-0.4, -0.2) is 84.1 Å². The number of rotatable bonds is 6. The lowest BCUT2D eigenvalue weighted by Gasteiger charge is -2.40. The van der Waals surface area contributed by atoms with Crippen molar-refractivity contribution in [3.63, 3.8) is 0 Å². The van der Waals surface area contributed by atoms with Crippen molar-refractivity contribution in [2.45, 2.75) is 12.1 Å². The molecule has 0 aromatic heterocycles. The van der Waals surface area contributed by atoms with E-state index in [9.17, 15) is 9.59 Å². The number of esters is 1. The van der Waals surface area contributed by atoms with Gasteiger partial charge in [0.2, 0.25) is 5.91 Å². The van der Waals surface area contributed by atoms with E-state index in [0.29, 0.717) is 18.2 Å². The van der Waals surface area contributed by atoms with Gasteiger partial charge in [-0.3, -0.25) is 14.6 Å². The molecule has 2 fully saturated rings. The van der Waals surface area contributed by atoms with E-state index in [0.717, 1.165) is 26.2 Å². The number of nitrogens with zero attached hydrogens (tertiary/aromatic N) is 3. The minimum atomic E-state index is -0.454. The molecule has 6 nitrogen and oxygen atoms in total. The van der Waals surface area contributed by atoms with E-state index in [-0.39, 0.29) is 17.9 Å². The number of benzene rings is 2. The van der Waals surface area contributed by atoms with Crippen LogP contribution in [0.3, 0.4) is 0 Å². The van der Waals surface area contributed by atoms with Crippen LogP contribution in [0, 0.1) is 0 Å². The smallest absolute Gasteiger partial charge is 0.329 e. The van der Waals surface area contributed by atoms with Crippen LogP contribution in [-0.2, 0) is 14.3 Å². The standard InChI is InChI=1S/C24H29N3O3S/c1-30-24(29)21-17-31-18-27(21)22(28)16-25-12-14-26(15-13-25)23(19-8-4-2-5-9-19)20-10-6-3-7-11-20/h2-11,21,23H,12-18H2,1H3. The van der Waals surface area contributed by atoms with Gasteiger partial charge in [0.05, 0.1) is 25.6 Å². The second kappa shape index (κ2) is 10.3. The molecule has 0 N–H and O–H groups in total. The first-order valence-corrected chi connectivity index (χ1v) is 11.8. The first-order valence-electron chi connectivity index (χ1n) is 10.7. The van der Waals surface area contributed by atoms with Gasteiger partial charge in [0.25, 0.3) is 0 Å². The Morgan fingerprint density at radius 1 is 0.968 bits per heavy atom. The maximum absolute atomic E-state index is 12.9. The van der Waals surface area contributed by atoms with Gasteiger partial charge in [-0.25, -0.2) is 4.79 Å². The molecular formula is C24H29N3O3S. The number of piperazine rings is 1. The van der Waals surface area contributed by atoms with E-state index in [2.05, 4.69) is 58.3 Å². The highest BCUT2D eigenvalue weighted by Gasteiger charge is 2.36. The summed E-state index contributed by atoms with van der Waals surface area (Å²) < 4.78 is 4.86. The lowest BCUT2D eigenvalue weighted by atomic mass is 9.96. The summed E-state index contributed by atoms with van der Waals surface area (Å²) in [4.78, 5) is 31.2. The molecule has 1 amide bonds. The lowest BCUT2D eigenvalue weighted by molar-refractivity contribution is -0.151. The SMILES string of the molecule is COC(=O)C1CSCN1C(=O)CN1CCN(C(c2ccccc2)c2ccccc2)CC1. The topological polar surface area (TPSA) is 53.1 Å². The quantitative estimate of drug-likeness (QED) is 0.645. The largest absolute Gasteiger partial charge is 0.467 e. The predicted octanol–water partition coefficient (Wildman–Crippen LogP) is 2.47. The number of hydrogen-bond acceptors (Lipinski definition) is 6. The minimum Gasteiger partial charge on any atom is -0.467 e. The van der Waals surface area contributed by atoms with Gasteiger partial charge in [-0.15, -0.1) is 11.8 Å². The average Bonchev–Trinajstić information content (AvgIpc) is 3.32. The predicted molar refractivity (Wildman–Crippen MR) is 123 cm³/mol. The van der Waals surface area contributed by atoms with Crippen LogP contribution >= 0.6 is 11.8 Å². The Kier molecular flexibility index (Phi) is 7.27. The first-order chi connectivity index (χ1) is 15.2. The summed E-state index contributed by atoms with van der Waals surface area (Å²) in [5.74, 6) is 0.860. The van der Waals surface area contributed by atoms with Crippen LogP contribution in [0.1, 0.15) is 17.2 Å². The van der Waals surface area contributed by atoms with Gasteiger partial charge < -0.3 is 9.64 Å². The molecule has 7 heteroatoms. The number of ether oxygens (including phenoxy) is 1. The lowest BCUT2D eigenvalue weighted by Crippen LogP contribution is -2.52. The number of thioether (sulfide) groups is 1. The normalized spacial score (nSPS) is 20.2. The zero-order valence-electron chi connectivity index (χ0n) is 17.9. The Hall–Kier alpha value is -2.35. The summed E-state index contributed by atoms with van der Waals surface area (Å²) in [6, 6.07) is 21.0. The molecule has 4 rings (SSSR count). The molecule has 164 valence electrons. The fourth-order valence-electron chi connectivity index (χ4n) is 4.37. The van der Waals surface area contributed by atoms with Crippen LogP contribution in [0.2, 0.25) is 0 Å². The zero-order valence-corrected chi connectivity index (χ0v) is 18.7. The van der Waals surface area contributed by atoms with Crippen molar-refractivity contribution in [3.8, 4) is 0 Å². The van der Waals surface area contributed by atoms with Crippen LogP contribution in [0.25, 0.3) is 0 Å². The third-order valence-corrected chi connectivity index (χ3v) is 7.05. The number of amides is 1. The van der Waals surface area contributed by atoms with Gasteiger partial charge in [0.15, 0.2) is 0 Å². The highest BCUT2D eigenvalue weighted by Crippen LogP contribution is 2.29. The van der Waals surface area contributed by atoms with Crippen LogP contribution in [0.4, 0.5) is 0 Å². The van der Waals surface area contributed by atoms with Crippen molar-refractivity contribution in [3.05, 3.63) is 71.8 Å². The van der Waals surface area contributed by atoms with E-state index in [4.69, 9.17) is 4.74 Å². The Balaban J connectivity index is 1.39. The van der Waals surface area contributed by atoms with Gasteiger partial charge in [-0.2, -0.15) is 0 Å². The molecular weight excluding hydrogens is 410 g/mol.